The Hall–Kier alpha value is -1.96. The Morgan fingerprint density at radius 3 is 2.90 bits per heavy atom. The van der Waals surface area contributed by atoms with Crippen LogP contribution in [0.3, 0.4) is 0 Å². The van der Waals surface area contributed by atoms with E-state index in [1.807, 2.05) is 4.90 Å². The molecular formula is C23H34N4O3. The first-order valence-corrected chi connectivity index (χ1v) is 11.1. The van der Waals surface area contributed by atoms with Gasteiger partial charge in [-0.3, -0.25) is 9.78 Å². The summed E-state index contributed by atoms with van der Waals surface area (Å²) < 4.78 is 13.3. The van der Waals surface area contributed by atoms with E-state index in [0.717, 1.165) is 50.3 Å². The number of carbonyl (C=O) groups is 1. The Morgan fingerprint density at radius 2 is 2.23 bits per heavy atom. The van der Waals surface area contributed by atoms with E-state index >= 15 is 0 Å². The van der Waals surface area contributed by atoms with Gasteiger partial charge in [0.1, 0.15) is 6.10 Å². The average Bonchev–Trinajstić information content (AvgIpc) is 3.52. The molecule has 2 aromatic rings. The molecule has 1 aliphatic heterocycles. The number of aryl methyl sites for hydroxylation is 3. The molecule has 1 saturated carbocycles. The van der Waals surface area contributed by atoms with Crippen LogP contribution < -0.4 is 5.32 Å². The minimum absolute atomic E-state index is 0.0822. The van der Waals surface area contributed by atoms with Gasteiger partial charge in [-0.2, -0.15) is 0 Å². The van der Waals surface area contributed by atoms with Crippen LogP contribution in [-0.2, 0) is 20.8 Å². The second kappa shape index (κ2) is 9.04. The smallest absolute Gasteiger partial charge is 0.253 e. The molecule has 0 spiro atoms. The number of carbonyl (C=O) groups excluding carboxylic acids is 1. The molecule has 0 aromatic carbocycles. The molecule has 1 saturated heterocycles. The van der Waals surface area contributed by atoms with E-state index in [1.165, 1.54) is 16.5 Å². The number of amides is 1. The van der Waals surface area contributed by atoms with Gasteiger partial charge in [-0.25, -0.2) is 0 Å². The summed E-state index contributed by atoms with van der Waals surface area (Å²) in [6.45, 7) is 9.93. The third kappa shape index (κ3) is 4.24. The molecule has 2 atom stereocenters. The minimum Gasteiger partial charge on any atom is -0.385 e. The topological polar surface area (TPSA) is 68.6 Å². The van der Waals surface area contributed by atoms with Crippen LogP contribution in [0.5, 0.6) is 0 Å². The van der Waals surface area contributed by atoms with E-state index in [0.29, 0.717) is 19.2 Å². The summed E-state index contributed by atoms with van der Waals surface area (Å²) in [5.41, 5.74) is 4.41. The predicted molar refractivity (Wildman–Crippen MR) is 117 cm³/mol. The second-order valence-electron chi connectivity index (χ2n) is 8.59. The number of hydrogen-bond acceptors (Lipinski definition) is 5. The maximum Gasteiger partial charge on any atom is 0.253 e. The number of methoxy groups -OCH3 is 1. The number of pyridine rings is 1. The summed E-state index contributed by atoms with van der Waals surface area (Å²) in [6, 6.07) is 2.39. The summed E-state index contributed by atoms with van der Waals surface area (Å²) in [5.74, 6) is 0.0865. The fourth-order valence-corrected chi connectivity index (χ4v) is 4.61. The van der Waals surface area contributed by atoms with Crippen molar-refractivity contribution in [2.24, 2.45) is 0 Å². The largest absolute Gasteiger partial charge is 0.385 e. The van der Waals surface area contributed by atoms with Crippen LogP contribution >= 0.6 is 0 Å². The fraction of sp³-hybridized carbons (Fsp3) is 0.652. The summed E-state index contributed by atoms with van der Waals surface area (Å²) >= 11 is 0. The zero-order valence-corrected chi connectivity index (χ0v) is 18.6. The van der Waals surface area contributed by atoms with Crippen molar-refractivity contribution in [1.29, 1.82) is 0 Å². The van der Waals surface area contributed by atoms with Crippen LogP contribution in [0.25, 0.3) is 10.9 Å². The number of nitrogens with one attached hydrogen (secondary N) is 1. The highest BCUT2D eigenvalue weighted by Gasteiger charge is 2.40. The Labute approximate surface area is 178 Å². The van der Waals surface area contributed by atoms with Crippen molar-refractivity contribution in [2.45, 2.75) is 64.8 Å². The normalized spacial score (nSPS) is 20.5. The lowest BCUT2D eigenvalue weighted by atomic mass is 10.1. The van der Waals surface area contributed by atoms with Crippen LogP contribution in [0, 0.1) is 13.8 Å². The second-order valence-corrected chi connectivity index (χ2v) is 8.59. The van der Waals surface area contributed by atoms with E-state index in [4.69, 9.17) is 14.5 Å². The van der Waals surface area contributed by atoms with Gasteiger partial charge in [0.2, 0.25) is 0 Å². The lowest BCUT2D eigenvalue weighted by molar-refractivity contribution is -0.148. The number of nitrogens with zero attached hydrogens (tertiary/aromatic N) is 3. The van der Waals surface area contributed by atoms with Gasteiger partial charge in [0, 0.05) is 56.7 Å². The molecular weight excluding hydrogens is 380 g/mol. The van der Waals surface area contributed by atoms with Crippen molar-refractivity contribution in [2.75, 3.05) is 33.4 Å². The van der Waals surface area contributed by atoms with E-state index in [1.54, 1.807) is 7.11 Å². The number of rotatable bonds is 8. The van der Waals surface area contributed by atoms with Gasteiger partial charge in [0.25, 0.3) is 5.91 Å². The number of hydrogen-bond donors (Lipinski definition) is 1. The van der Waals surface area contributed by atoms with E-state index in [9.17, 15) is 4.79 Å². The number of fused-ring (bicyclic) bond motifs is 1. The summed E-state index contributed by atoms with van der Waals surface area (Å²) in [7, 11) is 1.74. The van der Waals surface area contributed by atoms with Crippen LogP contribution in [0.2, 0.25) is 0 Å². The summed E-state index contributed by atoms with van der Waals surface area (Å²) in [5, 5.41) is 4.49. The minimum atomic E-state index is -0.397. The van der Waals surface area contributed by atoms with Crippen molar-refractivity contribution in [3.63, 3.8) is 0 Å². The molecule has 2 aliphatic rings. The standard InChI is InChI=1S/C23H34N4O3/c1-15-14-26(9-5-10-29-4)20-12-19(25-16(2)22(15)20)17(3)27(18-6-7-18)23(28)21-13-24-8-11-30-21/h12,14,17-18,21,24H,5-11,13H2,1-4H3/t17-,21+/m0/s1. The van der Waals surface area contributed by atoms with Crippen LogP contribution in [0.4, 0.5) is 0 Å². The van der Waals surface area contributed by atoms with E-state index in [-0.39, 0.29) is 11.9 Å². The lowest BCUT2D eigenvalue weighted by Gasteiger charge is -2.34. The third-order valence-electron chi connectivity index (χ3n) is 6.24. The fourth-order valence-electron chi connectivity index (χ4n) is 4.61. The molecule has 7 nitrogen and oxygen atoms in total. The molecule has 0 bridgehead atoms. The summed E-state index contributed by atoms with van der Waals surface area (Å²) in [6.07, 6.45) is 4.89. The Bertz CT molecular complexity index is 899. The molecule has 3 heterocycles. The van der Waals surface area contributed by atoms with Gasteiger partial charge in [0.05, 0.1) is 23.9 Å². The van der Waals surface area contributed by atoms with Gasteiger partial charge in [-0.15, -0.1) is 0 Å². The molecule has 1 amide bonds. The van der Waals surface area contributed by atoms with Crippen molar-refractivity contribution in [3.8, 4) is 0 Å². The molecule has 1 N–H and O–H groups in total. The monoisotopic (exact) mass is 414 g/mol. The molecule has 0 radical (unpaired) electrons. The molecule has 1 aliphatic carbocycles. The van der Waals surface area contributed by atoms with Crippen LogP contribution in [-0.4, -0.2) is 65.9 Å². The van der Waals surface area contributed by atoms with Gasteiger partial charge < -0.3 is 24.3 Å². The Morgan fingerprint density at radius 1 is 1.43 bits per heavy atom. The van der Waals surface area contributed by atoms with Crippen molar-refractivity contribution in [3.05, 3.63) is 29.2 Å². The Kier molecular flexibility index (Phi) is 6.41. The van der Waals surface area contributed by atoms with E-state index < -0.39 is 6.10 Å². The van der Waals surface area contributed by atoms with Gasteiger partial charge >= 0.3 is 0 Å². The quantitative estimate of drug-likeness (QED) is 0.673. The first kappa shape index (κ1) is 21.3. The average molecular weight is 415 g/mol. The zero-order chi connectivity index (χ0) is 21.3. The highest BCUT2D eigenvalue weighted by atomic mass is 16.5. The number of ether oxygens (including phenoxy) is 2. The van der Waals surface area contributed by atoms with E-state index in [2.05, 4.69) is 42.9 Å². The number of morpholine rings is 1. The van der Waals surface area contributed by atoms with Gasteiger partial charge in [0.15, 0.2) is 0 Å². The van der Waals surface area contributed by atoms with Crippen molar-refractivity contribution >= 4 is 16.8 Å². The highest BCUT2D eigenvalue weighted by Crippen LogP contribution is 2.36. The predicted octanol–water partition coefficient (Wildman–Crippen LogP) is 2.73. The molecule has 164 valence electrons. The lowest BCUT2D eigenvalue weighted by Crippen LogP contribution is -2.50. The first-order valence-electron chi connectivity index (χ1n) is 11.1. The molecule has 30 heavy (non-hydrogen) atoms. The van der Waals surface area contributed by atoms with Crippen LogP contribution in [0.15, 0.2) is 12.3 Å². The SMILES string of the molecule is COCCCn1cc(C)c2c(C)nc([C@H](C)N(C(=O)[C@H]3CNCCO3)C3CC3)cc21. The molecule has 0 unspecified atom stereocenters. The van der Waals surface area contributed by atoms with Gasteiger partial charge in [-0.1, -0.05) is 0 Å². The van der Waals surface area contributed by atoms with Gasteiger partial charge in [-0.05, 0) is 51.7 Å². The first-order chi connectivity index (χ1) is 14.5. The van der Waals surface area contributed by atoms with Crippen LogP contribution in [0.1, 0.15) is 49.2 Å². The number of aromatic nitrogens is 2. The highest BCUT2D eigenvalue weighted by molar-refractivity contribution is 5.87. The molecule has 2 fully saturated rings. The van der Waals surface area contributed by atoms with Crippen molar-refractivity contribution < 1.29 is 14.3 Å². The molecule has 2 aromatic heterocycles. The Balaban J connectivity index is 1.64. The molecule has 4 rings (SSSR count). The van der Waals surface area contributed by atoms with Crippen molar-refractivity contribution in [1.82, 2.24) is 19.8 Å². The summed E-state index contributed by atoms with van der Waals surface area (Å²) in [4.78, 5) is 20.3. The third-order valence-corrected chi connectivity index (χ3v) is 6.24. The zero-order valence-electron chi connectivity index (χ0n) is 18.6. The molecule has 7 heteroatoms. The maximum atomic E-state index is 13.3. The maximum absolute atomic E-state index is 13.3.